The Morgan fingerprint density at radius 1 is 1.11 bits per heavy atom. The Labute approximate surface area is 203 Å². The summed E-state index contributed by atoms with van der Waals surface area (Å²) < 4.78 is 7.82. The van der Waals surface area contributed by atoms with Crippen molar-refractivity contribution in [3.05, 3.63) is 60.9 Å². The topological polar surface area (TPSA) is 99.2 Å². The van der Waals surface area contributed by atoms with Gasteiger partial charge in [-0.2, -0.15) is 5.10 Å². The SMILES string of the molecule is C#CCCC(=O)N1CCC[C@@H](n2nc(-c3ccc(Oc4ccccc4)cc3)c3c(N)ncnc32)C1. The summed E-state index contributed by atoms with van der Waals surface area (Å²) in [7, 11) is 0. The maximum Gasteiger partial charge on any atom is 0.223 e. The Kier molecular flexibility index (Phi) is 6.31. The molecule has 0 unspecified atom stereocenters. The maximum absolute atomic E-state index is 12.6. The van der Waals surface area contributed by atoms with Crippen molar-refractivity contribution in [3.63, 3.8) is 0 Å². The summed E-state index contributed by atoms with van der Waals surface area (Å²) in [6.07, 6.45) is 9.38. The van der Waals surface area contributed by atoms with E-state index in [1.165, 1.54) is 6.33 Å². The third kappa shape index (κ3) is 4.66. The number of fused-ring (bicyclic) bond motifs is 1. The number of amides is 1. The van der Waals surface area contributed by atoms with Gasteiger partial charge in [0.2, 0.25) is 5.91 Å². The van der Waals surface area contributed by atoms with Crippen LogP contribution in [0.4, 0.5) is 5.82 Å². The van der Waals surface area contributed by atoms with E-state index in [-0.39, 0.29) is 11.9 Å². The first-order valence-corrected chi connectivity index (χ1v) is 11.7. The molecule has 0 spiro atoms. The van der Waals surface area contributed by atoms with Gasteiger partial charge >= 0.3 is 0 Å². The van der Waals surface area contributed by atoms with Gasteiger partial charge in [-0.1, -0.05) is 18.2 Å². The van der Waals surface area contributed by atoms with E-state index in [0.29, 0.717) is 41.9 Å². The first-order valence-electron chi connectivity index (χ1n) is 11.7. The van der Waals surface area contributed by atoms with Gasteiger partial charge in [-0.25, -0.2) is 14.6 Å². The normalized spacial score (nSPS) is 15.6. The molecular formula is C27H26N6O2. The first-order chi connectivity index (χ1) is 17.1. The molecule has 0 saturated carbocycles. The van der Waals surface area contributed by atoms with Crippen molar-refractivity contribution in [3.8, 4) is 35.1 Å². The molecule has 1 atom stereocenters. The lowest BCUT2D eigenvalue weighted by atomic mass is 10.1. The number of nitrogens with two attached hydrogens (primary N) is 1. The molecule has 0 radical (unpaired) electrons. The second kappa shape index (κ2) is 9.85. The van der Waals surface area contributed by atoms with Crippen LogP contribution < -0.4 is 10.5 Å². The Morgan fingerprint density at radius 2 is 1.89 bits per heavy atom. The first kappa shape index (κ1) is 22.4. The number of benzene rings is 2. The average molecular weight is 467 g/mol. The van der Waals surface area contributed by atoms with Crippen LogP contribution in [0.15, 0.2) is 60.9 Å². The van der Waals surface area contributed by atoms with E-state index < -0.39 is 0 Å². The number of carbonyl (C=O) groups excluding carboxylic acids is 1. The van der Waals surface area contributed by atoms with Crippen molar-refractivity contribution in [2.24, 2.45) is 0 Å². The summed E-state index contributed by atoms with van der Waals surface area (Å²) in [5.41, 5.74) is 8.55. The fourth-order valence-electron chi connectivity index (χ4n) is 4.48. The molecule has 0 aliphatic carbocycles. The molecule has 8 heteroatoms. The number of ether oxygens (including phenoxy) is 1. The lowest BCUT2D eigenvalue weighted by Gasteiger charge is -2.33. The van der Waals surface area contributed by atoms with Crippen LogP contribution in [0.5, 0.6) is 11.5 Å². The van der Waals surface area contributed by atoms with Gasteiger partial charge in [0.15, 0.2) is 5.65 Å². The van der Waals surface area contributed by atoms with Crippen LogP contribution in [0.1, 0.15) is 31.7 Å². The fraction of sp³-hybridized carbons (Fsp3) is 0.259. The Hall–Kier alpha value is -4.38. The summed E-state index contributed by atoms with van der Waals surface area (Å²) in [6.45, 7) is 1.29. The summed E-state index contributed by atoms with van der Waals surface area (Å²) in [4.78, 5) is 23.2. The molecule has 2 aromatic heterocycles. The second-order valence-corrected chi connectivity index (χ2v) is 8.53. The maximum atomic E-state index is 12.6. The van der Waals surface area contributed by atoms with Gasteiger partial charge in [-0.15, -0.1) is 12.3 Å². The molecule has 1 fully saturated rings. The van der Waals surface area contributed by atoms with E-state index in [4.69, 9.17) is 22.0 Å². The molecule has 0 bridgehead atoms. The van der Waals surface area contributed by atoms with Gasteiger partial charge in [0.1, 0.15) is 29.3 Å². The summed E-state index contributed by atoms with van der Waals surface area (Å²) in [6, 6.07) is 17.3. The molecule has 1 saturated heterocycles. The summed E-state index contributed by atoms with van der Waals surface area (Å²) in [5.74, 6) is 4.49. The minimum Gasteiger partial charge on any atom is -0.457 e. The van der Waals surface area contributed by atoms with E-state index in [1.54, 1.807) is 0 Å². The number of para-hydroxylation sites is 1. The van der Waals surface area contributed by atoms with Gasteiger partial charge in [0.05, 0.1) is 11.4 Å². The highest BCUT2D eigenvalue weighted by Gasteiger charge is 2.28. The largest absolute Gasteiger partial charge is 0.457 e. The van der Waals surface area contributed by atoms with Crippen LogP contribution in [0.2, 0.25) is 0 Å². The molecule has 3 heterocycles. The molecule has 8 nitrogen and oxygen atoms in total. The molecule has 4 aromatic rings. The molecule has 1 aliphatic heterocycles. The van der Waals surface area contributed by atoms with E-state index in [0.717, 1.165) is 36.4 Å². The number of likely N-dealkylation sites (tertiary alicyclic amines) is 1. The minimum absolute atomic E-state index is 0.00947. The van der Waals surface area contributed by atoms with Gasteiger partial charge < -0.3 is 15.4 Å². The quantitative estimate of drug-likeness (QED) is 0.422. The highest BCUT2D eigenvalue weighted by atomic mass is 16.5. The highest BCUT2D eigenvalue weighted by molar-refractivity contribution is 5.98. The molecule has 176 valence electrons. The number of carbonyl (C=O) groups is 1. The summed E-state index contributed by atoms with van der Waals surface area (Å²) >= 11 is 0. The molecule has 2 aromatic carbocycles. The van der Waals surface area contributed by atoms with Crippen molar-refractivity contribution in [2.45, 2.75) is 31.7 Å². The van der Waals surface area contributed by atoms with Crippen molar-refractivity contribution in [1.82, 2.24) is 24.6 Å². The van der Waals surface area contributed by atoms with E-state index >= 15 is 0 Å². The Bertz CT molecular complexity index is 1370. The van der Waals surface area contributed by atoms with Gasteiger partial charge in [0.25, 0.3) is 0 Å². The molecule has 5 rings (SSSR count). The van der Waals surface area contributed by atoms with Crippen LogP contribution in [-0.2, 0) is 4.79 Å². The van der Waals surface area contributed by atoms with Crippen molar-refractivity contribution < 1.29 is 9.53 Å². The van der Waals surface area contributed by atoms with Crippen LogP contribution in [0, 0.1) is 12.3 Å². The standard InChI is InChI=1S/C27H26N6O2/c1-2-3-11-23(34)32-16-7-8-20(17-32)33-27-24(26(28)29-18-30-27)25(31-33)19-12-14-22(15-13-19)35-21-9-5-4-6-10-21/h1,4-6,9-10,12-15,18,20H,3,7-8,11,16-17H2,(H2,28,29,30)/t20-/m1/s1. The van der Waals surface area contributed by atoms with Crippen LogP contribution in [0.25, 0.3) is 22.3 Å². The third-order valence-electron chi connectivity index (χ3n) is 6.20. The predicted molar refractivity (Wildman–Crippen MR) is 135 cm³/mol. The van der Waals surface area contributed by atoms with Crippen molar-refractivity contribution in [1.29, 1.82) is 0 Å². The van der Waals surface area contributed by atoms with Crippen molar-refractivity contribution in [2.75, 3.05) is 18.8 Å². The van der Waals surface area contributed by atoms with E-state index in [9.17, 15) is 4.79 Å². The number of hydrogen-bond donors (Lipinski definition) is 1. The number of hydrogen-bond acceptors (Lipinski definition) is 6. The second-order valence-electron chi connectivity index (χ2n) is 8.53. The Morgan fingerprint density at radius 3 is 2.66 bits per heavy atom. The van der Waals surface area contributed by atoms with Gasteiger partial charge in [-0.3, -0.25) is 4.79 Å². The Balaban J connectivity index is 1.45. The number of piperidine rings is 1. The summed E-state index contributed by atoms with van der Waals surface area (Å²) in [5, 5.41) is 5.65. The van der Waals surface area contributed by atoms with Gasteiger partial charge in [-0.05, 0) is 49.2 Å². The zero-order chi connectivity index (χ0) is 24.2. The number of nitrogens with zero attached hydrogens (tertiary/aromatic N) is 5. The minimum atomic E-state index is -0.00947. The number of terminal acetylenes is 1. The third-order valence-corrected chi connectivity index (χ3v) is 6.20. The van der Waals surface area contributed by atoms with Crippen molar-refractivity contribution >= 4 is 22.8 Å². The number of nitrogen functional groups attached to an aromatic ring is 1. The van der Waals surface area contributed by atoms with Crippen LogP contribution in [-0.4, -0.2) is 43.6 Å². The number of aromatic nitrogens is 4. The lowest BCUT2D eigenvalue weighted by Crippen LogP contribution is -2.40. The molecule has 1 amide bonds. The lowest BCUT2D eigenvalue weighted by molar-refractivity contribution is -0.132. The highest BCUT2D eigenvalue weighted by Crippen LogP contribution is 2.35. The molecule has 2 N–H and O–H groups in total. The van der Waals surface area contributed by atoms with E-state index in [2.05, 4.69) is 15.9 Å². The van der Waals surface area contributed by atoms with Crippen LogP contribution in [0.3, 0.4) is 0 Å². The molecule has 35 heavy (non-hydrogen) atoms. The van der Waals surface area contributed by atoms with Crippen LogP contribution >= 0.6 is 0 Å². The predicted octanol–water partition coefficient (Wildman–Crippen LogP) is 4.44. The number of rotatable bonds is 6. The average Bonchev–Trinajstić information content (AvgIpc) is 3.29. The zero-order valence-corrected chi connectivity index (χ0v) is 19.3. The monoisotopic (exact) mass is 466 g/mol. The molecular weight excluding hydrogens is 440 g/mol. The smallest absolute Gasteiger partial charge is 0.223 e. The van der Waals surface area contributed by atoms with Gasteiger partial charge in [0, 0.05) is 31.5 Å². The fourth-order valence-corrected chi connectivity index (χ4v) is 4.48. The van der Waals surface area contributed by atoms with E-state index in [1.807, 2.05) is 64.2 Å². The molecule has 1 aliphatic rings. The number of anilines is 1. The zero-order valence-electron chi connectivity index (χ0n) is 19.3.